The van der Waals surface area contributed by atoms with Crippen molar-refractivity contribution >= 4 is 27.4 Å². The van der Waals surface area contributed by atoms with E-state index in [9.17, 15) is 13.2 Å². The van der Waals surface area contributed by atoms with Gasteiger partial charge in [0.1, 0.15) is 6.07 Å². The van der Waals surface area contributed by atoms with Crippen LogP contribution in [-0.4, -0.2) is 27.2 Å². The van der Waals surface area contributed by atoms with Crippen LogP contribution in [0.25, 0.3) is 0 Å². The van der Waals surface area contributed by atoms with Crippen LogP contribution in [0.15, 0.2) is 18.2 Å². The first-order chi connectivity index (χ1) is 8.88. The predicted octanol–water partition coefficient (Wildman–Crippen LogP) is 0.445. The van der Waals surface area contributed by atoms with Crippen LogP contribution in [0.5, 0.6) is 0 Å². The molecule has 0 fully saturated rings. The van der Waals surface area contributed by atoms with Crippen LogP contribution in [0, 0.1) is 11.3 Å². The van der Waals surface area contributed by atoms with Gasteiger partial charge in [0.15, 0.2) is 0 Å². The fourth-order valence-electron chi connectivity index (χ4n) is 1.28. The molecule has 0 heterocycles. The molecule has 7 nitrogen and oxygen atoms in total. The number of carbonyl (C=O) groups excluding carboxylic acids is 1. The van der Waals surface area contributed by atoms with Gasteiger partial charge in [-0.3, -0.25) is 9.52 Å². The van der Waals surface area contributed by atoms with Gasteiger partial charge in [0.2, 0.25) is 10.0 Å². The molecular formula is C11H13N3O4S. The Labute approximate surface area is 111 Å². The number of rotatable bonds is 5. The molecule has 0 aliphatic carbocycles. The van der Waals surface area contributed by atoms with Crippen LogP contribution in [0.3, 0.4) is 0 Å². The summed E-state index contributed by atoms with van der Waals surface area (Å²) in [6, 6.07) is 6.06. The first-order valence-electron chi connectivity index (χ1n) is 5.25. The number of hydrogen-bond donors (Lipinski definition) is 2. The van der Waals surface area contributed by atoms with E-state index in [-0.39, 0.29) is 17.7 Å². The van der Waals surface area contributed by atoms with Gasteiger partial charge >= 0.3 is 5.97 Å². The number of methoxy groups -OCH3 is 1. The average molecular weight is 283 g/mol. The molecule has 0 aromatic heterocycles. The first-order valence-corrected chi connectivity index (χ1v) is 6.90. The first kappa shape index (κ1) is 14.8. The molecule has 1 aromatic rings. The zero-order valence-electron chi connectivity index (χ0n) is 10.2. The largest absolute Gasteiger partial charge is 0.469 e. The SMILES string of the molecule is COC(=O)CCS(=O)(=O)Nc1ccc(N)cc1C#N. The fourth-order valence-corrected chi connectivity index (χ4v) is 2.33. The molecule has 3 N–H and O–H groups in total. The molecule has 0 saturated heterocycles. The summed E-state index contributed by atoms with van der Waals surface area (Å²) in [6.07, 6.45) is -0.261. The number of anilines is 2. The summed E-state index contributed by atoms with van der Waals surface area (Å²) in [4.78, 5) is 10.9. The number of carbonyl (C=O) groups is 1. The lowest BCUT2D eigenvalue weighted by molar-refractivity contribution is -0.140. The van der Waals surface area contributed by atoms with Crippen molar-refractivity contribution in [1.29, 1.82) is 5.26 Å². The lowest BCUT2D eigenvalue weighted by Crippen LogP contribution is -2.20. The van der Waals surface area contributed by atoms with E-state index in [0.717, 1.165) is 0 Å². The van der Waals surface area contributed by atoms with Crippen molar-refractivity contribution in [3.05, 3.63) is 23.8 Å². The highest BCUT2D eigenvalue weighted by molar-refractivity contribution is 7.92. The number of benzene rings is 1. The maximum atomic E-state index is 11.7. The van der Waals surface area contributed by atoms with Crippen molar-refractivity contribution in [3.8, 4) is 6.07 Å². The normalized spacial score (nSPS) is 10.5. The third kappa shape index (κ3) is 4.48. The lowest BCUT2D eigenvalue weighted by Gasteiger charge is -2.09. The summed E-state index contributed by atoms with van der Waals surface area (Å²) in [6.45, 7) is 0. The minimum atomic E-state index is -3.73. The van der Waals surface area contributed by atoms with Crippen LogP contribution in [0.4, 0.5) is 11.4 Å². The second-order valence-electron chi connectivity index (χ2n) is 3.66. The Hall–Kier alpha value is -2.27. The van der Waals surface area contributed by atoms with Crippen molar-refractivity contribution in [3.63, 3.8) is 0 Å². The van der Waals surface area contributed by atoms with E-state index in [1.807, 2.05) is 6.07 Å². The van der Waals surface area contributed by atoms with E-state index in [4.69, 9.17) is 11.0 Å². The molecule has 102 valence electrons. The number of nitrogens with one attached hydrogen (secondary N) is 1. The zero-order chi connectivity index (χ0) is 14.5. The Balaban J connectivity index is 2.84. The molecule has 19 heavy (non-hydrogen) atoms. The van der Waals surface area contributed by atoms with Crippen LogP contribution < -0.4 is 10.5 Å². The summed E-state index contributed by atoms with van der Waals surface area (Å²) in [5.74, 6) is -1.04. The molecule has 1 aromatic carbocycles. The van der Waals surface area contributed by atoms with Gasteiger partial charge in [-0.25, -0.2) is 8.42 Å². The summed E-state index contributed by atoms with van der Waals surface area (Å²) >= 11 is 0. The van der Waals surface area contributed by atoms with Crippen LogP contribution >= 0.6 is 0 Å². The Morgan fingerprint density at radius 1 is 1.53 bits per heavy atom. The molecule has 0 bridgehead atoms. The molecule has 0 amide bonds. The van der Waals surface area contributed by atoms with E-state index in [0.29, 0.717) is 5.69 Å². The van der Waals surface area contributed by atoms with E-state index in [2.05, 4.69) is 9.46 Å². The summed E-state index contributed by atoms with van der Waals surface area (Å²) in [5, 5.41) is 8.88. The Bertz CT molecular complexity index is 619. The van der Waals surface area contributed by atoms with Gasteiger partial charge in [-0.05, 0) is 18.2 Å². The smallest absolute Gasteiger partial charge is 0.306 e. The standard InChI is InChI=1S/C11H13N3O4S/c1-18-11(15)4-5-19(16,17)14-10-3-2-9(13)6-8(10)7-12/h2-3,6,14H,4-5,13H2,1H3. The highest BCUT2D eigenvalue weighted by Gasteiger charge is 2.15. The Morgan fingerprint density at radius 2 is 2.21 bits per heavy atom. The summed E-state index contributed by atoms with van der Waals surface area (Å²) in [5.41, 5.74) is 6.09. The van der Waals surface area contributed by atoms with Gasteiger partial charge in [-0.1, -0.05) is 0 Å². The van der Waals surface area contributed by atoms with Crippen molar-refractivity contribution in [2.24, 2.45) is 0 Å². The van der Waals surface area contributed by atoms with Gasteiger partial charge in [0.25, 0.3) is 0 Å². The van der Waals surface area contributed by atoms with Gasteiger partial charge in [0.05, 0.1) is 30.5 Å². The number of nitrogen functional groups attached to an aromatic ring is 1. The lowest BCUT2D eigenvalue weighted by atomic mass is 10.2. The zero-order valence-corrected chi connectivity index (χ0v) is 11.0. The van der Waals surface area contributed by atoms with E-state index < -0.39 is 21.7 Å². The van der Waals surface area contributed by atoms with Gasteiger partial charge in [-0.2, -0.15) is 5.26 Å². The van der Waals surface area contributed by atoms with Gasteiger partial charge < -0.3 is 10.5 Å². The molecule has 0 radical (unpaired) electrons. The molecule has 0 unspecified atom stereocenters. The third-order valence-corrected chi connectivity index (χ3v) is 3.50. The number of esters is 1. The van der Waals surface area contributed by atoms with Gasteiger partial charge in [-0.15, -0.1) is 0 Å². The third-order valence-electron chi connectivity index (χ3n) is 2.23. The van der Waals surface area contributed by atoms with Crippen molar-refractivity contribution in [2.75, 3.05) is 23.3 Å². The van der Waals surface area contributed by atoms with Gasteiger partial charge in [0, 0.05) is 5.69 Å². The molecule has 8 heteroatoms. The number of ether oxygens (including phenoxy) is 1. The van der Waals surface area contributed by atoms with E-state index >= 15 is 0 Å². The Kier molecular flexibility index (Phi) is 4.72. The molecule has 1 rings (SSSR count). The number of nitrogens with zero attached hydrogens (tertiary/aromatic N) is 1. The maximum absolute atomic E-state index is 11.7. The van der Waals surface area contributed by atoms with E-state index in [1.165, 1.54) is 25.3 Å². The van der Waals surface area contributed by atoms with Crippen molar-refractivity contribution in [2.45, 2.75) is 6.42 Å². The highest BCUT2D eigenvalue weighted by Crippen LogP contribution is 2.19. The number of hydrogen-bond acceptors (Lipinski definition) is 6. The van der Waals surface area contributed by atoms with Crippen LogP contribution in [0.1, 0.15) is 12.0 Å². The highest BCUT2D eigenvalue weighted by atomic mass is 32.2. The minimum Gasteiger partial charge on any atom is -0.469 e. The quantitative estimate of drug-likeness (QED) is 0.597. The number of nitriles is 1. The van der Waals surface area contributed by atoms with Crippen molar-refractivity contribution < 1.29 is 17.9 Å². The minimum absolute atomic E-state index is 0.113. The molecule has 0 aliphatic heterocycles. The molecule has 0 saturated carbocycles. The second kappa shape index (κ2) is 6.06. The van der Waals surface area contributed by atoms with Crippen LogP contribution in [-0.2, 0) is 19.6 Å². The molecule has 0 atom stereocenters. The topological polar surface area (TPSA) is 122 Å². The van der Waals surface area contributed by atoms with Crippen LogP contribution in [0.2, 0.25) is 0 Å². The number of nitrogens with two attached hydrogens (primary N) is 1. The molecular weight excluding hydrogens is 270 g/mol. The fraction of sp³-hybridized carbons (Fsp3) is 0.273. The Morgan fingerprint density at radius 3 is 2.79 bits per heavy atom. The second-order valence-corrected chi connectivity index (χ2v) is 5.51. The average Bonchev–Trinajstić information content (AvgIpc) is 2.37. The monoisotopic (exact) mass is 283 g/mol. The molecule has 0 aliphatic rings. The maximum Gasteiger partial charge on any atom is 0.306 e. The van der Waals surface area contributed by atoms with E-state index in [1.54, 1.807) is 0 Å². The van der Waals surface area contributed by atoms with Crippen molar-refractivity contribution in [1.82, 2.24) is 0 Å². The molecule has 0 spiro atoms. The number of sulfonamides is 1. The summed E-state index contributed by atoms with van der Waals surface area (Å²) in [7, 11) is -2.55. The predicted molar refractivity (Wildman–Crippen MR) is 69.6 cm³/mol. The summed E-state index contributed by atoms with van der Waals surface area (Å²) < 4.78 is 30.0.